The fourth-order valence-corrected chi connectivity index (χ4v) is 4.37. The maximum absolute atomic E-state index is 2.81. The zero-order valence-corrected chi connectivity index (χ0v) is 12.6. The predicted octanol–water partition coefficient (Wildman–Crippen LogP) is 2.69. The first kappa shape index (κ1) is 12.9. The van der Waals surface area contributed by atoms with Crippen LogP contribution in [0.25, 0.3) is 0 Å². The van der Waals surface area contributed by atoms with E-state index in [0.717, 1.165) is 35.8 Å². The SMILES string of the molecule is CC(C)C1CC2CN(C3CN(C(C)C)C3)CC2C1. The standard InChI is InChI=1S/C16H30N2/c1-11(2)13-5-14-7-18(8-15(14)6-13)16-9-17(10-16)12(3)4/h11-16H,5-10H2,1-4H3. The van der Waals surface area contributed by atoms with Gasteiger partial charge in [0.15, 0.2) is 0 Å². The van der Waals surface area contributed by atoms with Gasteiger partial charge in [-0.2, -0.15) is 0 Å². The van der Waals surface area contributed by atoms with Crippen LogP contribution in [-0.2, 0) is 0 Å². The molecule has 2 atom stereocenters. The highest BCUT2D eigenvalue weighted by Crippen LogP contribution is 2.45. The zero-order chi connectivity index (χ0) is 12.9. The molecule has 2 aliphatic heterocycles. The number of hydrogen-bond donors (Lipinski definition) is 0. The molecule has 18 heavy (non-hydrogen) atoms. The Kier molecular flexibility index (Phi) is 3.44. The smallest absolute Gasteiger partial charge is 0.0350 e. The van der Waals surface area contributed by atoms with Crippen LogP contribution in [0, 0.1) is 23.7 Å². The molecule has 1 saturated carbocycles. The average Bonchev–Trinajstić information content (AvgIpc) is 2.71. The second-order valence-corrected chi connectivity index (χ2v) is 7.65. The maximum Gasteiger partial charge on any atom is 0.0350 e. The largest absolute Gasteiger partial charge is 0.298 e. The van der Waals surface area contributed by atoms with Crippen LogP contribution in [0.15, 0.2) is 0 Å². The van der Waals surface area contributed by atoms with Gasteiger partial charge in [-0.25, -0.2) is 0 Å². The summed E-state index contributed by atoms with van der Waals surface area (Å²) < 4.78 is 0. The van der Waals surface area contributed by atoms with E-state index in [1.165, 1.54) is 39.0 Å². The minimum Gasteiger partial charge on any atom is -0.298 e. The summed E-state index contributed by atoms with van der Waals surface area (Å²) in [5.74, 6) is 4.00. The molecule has 1 aliphatic carbocycles. The lowest BCUT2D eigenvalue weighted by molar-refractivity contribution is 0.0210. The summed E-state index contributed by atoms with van der Waals surface area (Å²) in [5.41, 5.74) is 0. The third-order valence-electron chi connectivity index (χ3n) is 5.90. The van der Waals surface area contributed by atoms with Crippen molar-refractivity contribution in [3.63, 3.8) is 0 Å². The van der Waals surface area contributed by atoms with Gasteiger partial charge in [0.1, 0.15) is 0 Å². The van der Waals surface area contributed by atoms with Crippen LogP contribution >= 0.6 is 0 Å². The third kappa shape index (κ3) is 2.22. The summed E-state index contributed by atoms with van der Waals surface area (Å²) in [6.07, 6.45) is 3.03. The number of hydrogen-bond acceptors (Lipinski definition) is 2. The summed E-state index contributed by atoms with van der Waals surface area (Å²) in [6.45, 7) is 14.9. The molecule has 0 N–H and O–H groups in total. The van der Waals surface area contributed by atoms with Gasteiger partial charge in [0, 0.05) is 38.3 Å². The van der Waals surface area contributed by atoms with E-state index in [-0.39, 0.29) is 0 Å². The van der Waals surface area contributed by atoms with Crippen LogP contribution in [0.1, 0.15) is 40.5 Å². The van der Waals surface area contributed by atoms with Crippen LogP contribution in [0.4, 0.5) is 0 Å². The molecule has 2 saturated heterocycles. The molecule has 0 aromatic carbocycles. The lowest BCUT2D eigenvalue weighted by atomic mass is 9.92. The highest BCUT2D eigenvalue weighted by atomic mass is 15.3. The minimum atomic E-state index is 0.744. The van der Waals surface area contributed by atoms with Crippen molar-refractivity contribution in [3.05, 3.63) is 0 Å². The van der Waals surface area contributed by atoms with Crippen molar-refractivity contribution < 1.29 is 0 Å². The summed E-state index contributed by atoms with van der Waals surface area (Å²) in [7, 11) is 0. The van der Waals surface area contributed by atoms with Gasteiger partial charge in [-0.1, -0.05) is 13.8 Å². The first-order valence-corrected chi connectivity index (χ1v) is 8.02. The number of nitrogens with zero attached hydrogens (tertiary/aromatic N) is 2. The molecule has 2 heteroatoms. The van der Waals surface area contributed by atoms with Crippen molar-refractivity contribution in [2.24, 2.45) is 23.7 Å². The molecule has 2 heterocycles. The van der Waals surface area contributed by atoms with Crippen molar-refractivity contribution in [2.75, 3.05) is 26.2 Å². The number of fused-ring (bicyclic) bond motifs is 1. The topological polar surface area (TPSA) is 6.48 Å². The molecule has 0 aromatic heterocycles. The minimum absolute atomic E-state index is 0.744. The molecule has 2 nitrogen and oxygen atoms in total. The van der Waals surface area contributed by atoms with Crippen molar-refractivity contribution in [1.82, 2.24) is 9.80 Å². The Morgan fingerprint density at radius 1 is 0.833 bits per heavy atom. The first-order chi connectivity index (χ1) is 8.54. The average molecular weight is 250 g/mol. The molecule has 0 aromatic rings. The fourth-order valence-electron chi connectivity index (χ4n) is 4.37. The Hall–Kier alpha value is -0.0800. The third-order valence-corrected chi connectivity index (χ3v) is 5.90. The van der Waals surface area contributed by atoms with Gasteiger partial charge in [-0.05, 0) is 50.4 Å². The van der Waals surface area contributed by atoms with E-state index in [9.17, 15) is 0 Å². The lowest BCUT2D eigenvalue weighted by Crippen LogP contribution is -2.60. The molecule has 0 radical (unpaired) electrons. The predicted molar refractivity (Wildman–Crippen MR) is 76.6 cm³/mol. The Morgan fingerprint density at radius 3 is 1.83 bits per heavy atom. The fraction of sp³-hybridized carbons (Fsp3) is 1.00. The second-order valence-electron chi connectivity index (χ2n) is 7.65. The van der Waals surface area contributed by atoms with Gasteiger partial charge in [0.25, 0.3) is 0 Å². The van der Waals surface area contributed by atoms with Crippen LogP contribution < -0.4 is 0 Å². The summed E-state index contributed by atoms with van der Waals surface area (Å²) in [5, 5.41) is 0. The summed E-state index contributed by atoms with van der Waals surface area (Å²) >= 11 is 0. The first-order valence-electron chi connectivity index (χ1n) is 8.02. The maximum atomic E-state index is 2.81. The molecule has 0 spiro atoms. The molecule has 3 fully saturated rings. The van der Waals surface area contributed by atoms with E-state index in [0.29, 0.717) is 0 Å². The van der Waals surface area contributed by atoms with Crippen molar-refractivity contribution in [2.45, 2.75) is 52.6 Å². The molecule has 2 unspecified atom stereocenters. The van der Waals surface area contributed by atoms with Crippen LogP contribution in [0.5, 0.6) is 0 Å². The summed E-state index contributed by atoms with van der Waals surface area (Å²) in [4.78, 5) is 5.42. The molecule has 104 valence electrons. The highest BCUT2D eigenvalue weighted by molar-refractivity contribution is 4.99. The Balaban J connectivity index is 1.48. The van der Waals surface area contributed by atoms with E-state index in [1.807, 2.05) is 0 Å². The number of likely N-dealkylation sites (tertiary alicyclic amines) is 2. The monoisotopic (exact) mass is 250 g/mol. The van der Waals surface area contributed by atoms with Crippen molar-refractivity contribution in [1.29, 1.82) is 0 Å². The normalized spacial score (nSPS) is 38.7. The summed E-state index contributed by atoms with van der Waals surface area (Å²) in [6, 6.07) is 1.63. The zero-order valence-electron chi connectivity index (χ0n) is 12.6. The van der Waals surface area contributed by atoms with Gasteiger partial charge in [-0.3, -0.25) is 9.80 Å². The van der Waals surface area contributed by atoms with Crippen LogP contribution in [0.3, 0.4) is 0 Å². The van der Waals surface area contributed by atoms with Gasteiger partial charge in [-0.15, -0.1) is 0 Å². The van der Waals surface area contributed by atoms with Crippen LogP contribution in [-0.4, -0.2) is 48.1 Å². The van der Waals surface area contributed by atoms with E-state index in [2.05, 4.69) is 37.5 Å². The van der Waals surface area contributed by atoms with Gasteiger partial charge >= 0.3 is 0 Å². The van der Waals surface area contributed by atoms with Crippen LogP contribution in [0.2, 0.25) is 0 Å². The van der Waals surface area contributed by atoms with E-state index >= 15 is 0 Å². The van der Waals surface area contributed by atoms with Gasteiger partial charge in [0.05, 0.1) is 0 Å². The quantitative estimate of drug-likeness (QED) is 0.760. The van der Waals surface area contributed by atoms with Crippen molar-refractivity contribution in [3.8, 4) is 0 Å². The molecular formula is C16H30N2. The lowest BCUT2D eigenvalue weighted by Gasteiger charge is -2.46. The Labute approximate surface area is 113 Å². The molecule has 0 amide bonds. The molecule has 0 bridgehead atoms. The molecular weight excluding hydrogens is 220 g/mol. The number of rotatable bonds is 3. The van der Waals surface area contributed by atoms with Crippen molar-refractivity contribution >= 4 is 0 Å². The van der Waals surface area contributed by atoms with E-state index < -0.39 is 0 Å². The highest BCUT2D eigenvalue weighted by Gasteiger charge is 2.45. The Bertz CT molecular complexity index is 279. The van der Waals surface area contributed by atoms with E-state index in [4.69, 9.17) is 0 Å². The molecule has 3 rings (SSSR count). The van der Waals surface area contributed by atoms with E-state index in [1.54, 1.807) is 0 Å². The van der Waals surface area contributed by atoms with Gasteiger partial charge in [0.2, 0.25) is 0 Å². The Morgan fingerprint density at radius 2 is 1.39 bits per heavy atom. The van der Waals surface area contributed by atoms with Gasteiger partial charge < -0.3 is 0 Å². The molecule has 3 aliphatic rings. The second kappa shape index (κ2) is 4.79.